The van der Waals surface area contributed by atoms with Gasteiger partial charge in [0.25, 0.3) is 0 Å². The largest absolute Gasteiger partial charge is 0.392 e. The molecule has 1 aliphatic rings. The maximum Gasteiger partial charge on any atom is 0.112 e. The van der Waals surface area contributed by atoms with E-state index >= 15 is 0 Å². The van der Waals surface area contributed by atoms with Crippen molar-refractivity contribution in [3.05, 3.63) is 30.1 Å². The Bertz CT molecular complexity index is 611. The smallest absolute Gasteiger partial charge is 0.112 e. The standard InChI is InChI=1S/C18H26N2O/c1-3-12-20-15-9-5-4-8-14(15)19-17(20)13-16(21)18(2)10-6-7-11-18/h4-5,8-9,16,21H,3,6-7,10-13H2,1-2H3. The molecule has 1 fully saturated rings. The van der Waals surface area contributed by atoms with E-state index in [0.29, 0.717) is 6.42 Å². The fourth-order valence-corrected chi connectivity index (χ4v) is 3.69. The van der Waals surface area contributed by atoms with Crippen LogP contribution in [-0.2, 0) is 13.0 Å². The van der Waals surface area contributed by atoms with Crippen molar-refractivity contribution in [1.82, 2.24) is 9.55 Å². The van der Waals surface area contributed by atoms with Gasteiger partial charge in [-0.2, -0.15) is 0 Å². The Morgan fingerprint density at radius 1 is 1.29 bits per heavy atom. The number of hydrogen-bond acceptors (Lipinski definition) is 2. The van der Waals surface area contributed by atoms with Gasteiger partial charge in [-0.05, 0) is 36.8 Å². The second-order valence-electron chi connectivity index (χ2n) is 6.75. The van der Waals surface area contributed by atoms with E-state index in [1.54, 1.807) is 0 Å². The van der Waals surface area contributed by atoms with Crippen LogP contribution >= 0.6 is 0 Å². The number of nitrogens with zero attached hydrogens (tertiary/aromatic N) is 2. The number of rotatable bonds is 5. The molecular weight excluding hydrogens is 260 g/mol. The van der Waals surface area contributed by atoms with E-state index in [9.17, 15) is 5.11 Å². The Hall–Kier alpha value is -1.35. The Morgan fingerprint density at radius 2 is 2.00 bits per heavy atom. The lowest BCUT2D eigenvalue weighted by molar-refractivity contribution is 0.0402. The van der Waals surface area contributed by atoms with E-state index < -0.39 is 0 Å². The van der Waals surface area contributed by atoms with Gasteiger partial charge in [0.2, 0.25) is 0 Å². The number of benzene rings is 1. The van der Waals surface area contributed by atoms with Crippen LogP contribution in [-0.4, -0.2) is 20.8 Å². The third-order valence-corrected chi connectivity index (χ3v) is 5.11. The molecule has 1 N–H and O–H groups in total. The summed E-state index contributed by atoms with van der Waals surface area (Å²) in [6, 6.07) is 8.29. The lowest BCUT2D eigenvalue weighted by Gasteiger charge is -2.29. The quantitative estimate of drug-likeness (QED) is 0.904. The predicted octanol–water partition coefficient (Wildman–Crippen LogP) is 3.93. The van der Waals surface area contributed by atoms with Crippen LogP contribution in [0.25, 0.3) is 11.0 Å². The zero-order valence-electron chi connectivity index (χ0n) is 13.2. The van der Waals surface area contributed by atoms with Crippen molar-refractivity contribution in [2.24, 2.45) is 5.41 Å². The van der Waals surface area contributed by atoms with E-state index in [-0.39, 0.29) is 11.5 Å². The number of aliphatic hydroxyl groups is 1. The van der Waals surface area contributed by atoms with Crippen molar-refractivity contribution in [2.45, 2.75) is 65.0 Å². The highest BCUT2D eigenvalue weighted by Crippen LogP contribution is 2.41. The number of fused-ring (bicyclic) bond motifs is 1. The molecule has 0 amide bonds. The van der Waals surface area contributed by atoms with E-state index in [1.807, 2.05) is 6.07 Å². The van der Waals surface area contributed by atoms with Gasteiger partial charge in [0.05, 0.1) is 17.1 Å². The third kappa shape index (κ3) is 2.71. The molecule has 1 saturated carbocycles. The van der Waals surface area contributed by atoms with Crippen LogP contribution in [0.4, 0.5) is 0 Å². The summed E-state index contributed by atoms with van der Waals surface area (Å²) in [5.41, 5.74) is 2.32. The van der Waals surface area contributed by atoms with Crippen LogP contribution in [0.1, 0.15) is 51.8 Å². The first-order valence-corrected chi connectivity index (χ1v) is 8.26. The number of aromatic nitrogens is 2. The van der Waals surface area contributed by atoms with Gasteiger partial charge in [0.1, 0.15) is 5.82 Å². The number of aliphatic hydroxyl groups excluding tert-OH is 1. The second kappa shape index (κ2) is 5.80. The first-order chi connectivity index (χ1) is 10.1. The average Bonchev–Trinajstić information content (AvgIpc) is 3.06. The second-order valence-corrected chi connectivity index (χ2v) is 6.75. The summed E-state index contributed by atoms with van der Waals surface area (Å²) in [7, 11) is 0. The topological polar surface area (TPSA) is 38.0 Å². The predicted molar refractivity (Wildman–Crippen MR) is 86.3 cm³/mol. The minimum atomic E-state index is -0.285. The molecule has 3 heteroatoms. The summed E-state index contributed by atoms with van der Waals surface area (Å²) < 4.78 is 2.29. The molecule has 3 rings (SSSR count). The molecule has 2 aromatic rings. The Kier molecular flexibility index (Phi) is 4.03. The minimum absolute atomic E-state index is 0.0786. The third-order valence-electron chi connectivity index (χ3n) is 5.11. The molecular formula is C18H26N2O. The van der Waals surface area contributed by atoms with E-state index in [1.165, 1.54) is 18.4 Å². The van der Waals surface area contributed by atoms with Crippen molar-refractivity contribution < 1.29 is 5.11 Å². The molecule has 0 aliphatic heterocycles. The molecule has 21 heavy (non-hydrogen) atoms. The van der Waals surface area contributed by atoms with Crippen LogP contribution in [0.5, 0.6) is 0 Å². The molecule has 1 aliphatic carbocycles. The first kappa shape index (κ1) is 14.6. The molecule has 1 unspecified atom stereocenters. The van der Waals surface area contributed by atoms with Crippen LogP contribution in [0.2, 0.25) is 0 Å². The highest BCUT2D eigenvalue weighted by molar-refractivity contribution is 5.75. The van der Waals surface area contributed by atoms with Gasteiger partial charge < -0.3 is 9.67 Å². The van der Waals surface area contributed by atoms with E-state index in [2.05, 4.69) is 36.6 Å². The number of hydrogen-bond donors (Lipinski definition) is 1. The number of para-hydroxylation sites is 2. The molecule has 1 heterocycles. The number of aryl methyl sites for hydroxylation is 1. The SMILES string of the molecule is CCCn1c(CC(O)C2(C)CCCC2)nc2ccccc21. The lowest BCUT2D eigenvalue weighted by atomic mass is 9.81. The zero-order chi connectivity index (χ0) is 14.9. The monoisotopic (exact) mass is 286 g/mol. The van der Waals surface area contributed by atoms with Crippen LogP contribution < -0.4 is 0 Å². The van der Waals surface area contributed by atoms with Crippen LogP contribution in [0, 0.1) is 5.41 Å². The first-order valence-electron chi connectivity index (χ1n) is 8.26. The summed E-state index contributed by atoms with van der Waals surface area (Å²) in [4.78, 5) is 4.78. The van der Waals surface area contributed by atoms with Crippen molar-refractivity contribution in [3.63, 3.8) is 0 Å². The highest BCUT2D eigenvalue weighted by Gasteiger charge is 2.36. The number of imidazole rings is 1. The van der Waals surface area contributed by atoms with Crippen molar-refractivity contribution in [3.8, 4) is 0 Å². The minimum Gasteiger partial charge on any atom is -0.392 e. The maximum atomic E-state index is 10.7. The molecule has 0 spiro atoms. The van der Waals surface area contributed by atoms with Gasteiger partial charge in [-0.1, -0.05) is 38.8 Å². The summed E-state index contributed by atoms with van der Waals surface area (Å²) in [5.74, 6) is 1.04. The summed E-state index contributed by atoms with van der Waals surface area (Å²) >= 11 is 0. The van der Waals surface area contributed by atoms with Gasteiger partial charge in [-0.3, -0.25) is 0 Å². The van der Waals surface area contributed by atoms with Gasteiger partial charge >= 0.3 is 0 Å². The normalized spacial score (nSPS) is 19.2. The van der Waals surface area contributed by atoms with Crippen molar-refractivity contribution >= 4 is 11.0 Å². The Labute approximate surface area is 127 Å². The zero-order valence-corrected chi connectivity index (χ0v) is 13.2. The molecule has 1 aromatic heterocycles. The van der Waals surface area contributed by atoms with E-state index in [4.69, 9.17) is 4.98 Å². The Balaban J connectivity index is 1.90. The molecule has 1 aromatic carbocycles. The van der Waals surface area contributed by atoms with Crippen LogP contribution in [0.15, 0.2) is 24.3 Å². The van der Waals surface area contributed by atoms with Crippen molar-refractivity contribution in [1.29, 1.82) is 0 Å². The molecule has 114 valence electrons. The van der Waals surface area contributed by atoms with Crippen molar-refractivity contribution in [2.75, 3.05) is 0 Å². The molecule has 0 radical (unpaired) electrons. The summed E-state index contributed by atoms with van der Waals surface area (Å²) in [6.07, 6.45) is 6.25. The fraction of sp³-hybridized carbons (Fsp3) is 0.611. The molecule has 3 nitrogen and oxygen atoms in total. The summed E-state index contributed by atoms with van der Waals surface area (Å²) in [5, 5.41) is 10.7. The van der Waals surface area contributed by atoms with E-state index in [0.717, 1.165) is 37.1 Å². The molecule has 1 atom stereocenters. The maximum absolute atomic E-state index is 10.7. The highest BCUT2D eigenvalue weighted by atomic mass is 16.3. The van der Waals surface area contributed by atoms with Gasteiger partial charge in [0, 0.05) is 13.0 Å². The van der Waals surface area contributed by atoms with Gasteiger partial charge in [-0.25, -0.2) is 4.98 Å². The lowest BCUT2D eigenvalue weighted by Crippen LogP contribution is -2.32. The summed E-state index contributed by atoms with van der Waals surface area (Å²) in [6.45, 7) is 5.39. The van der Waals surface area contributed by atoms with Gasteiger partial charge in [0.15, 0.2) is 0 Å². The molecule has 0 bridgehead atoms. The Morgan fingerprint density at radius 3 is 2.71 bits per heavy atom. The molecule has 0 saturated heterocycles. The fourth-order valence-electron chi connectivity index (χ4n) is 3.69. The van der Waals surface area contributed by atoms with Gasteiger partial charge in [-0.15, -0.1) is 0 Å². The average molecular weight is 286 g/mol. The van der Waals surface area contributed by atoms with Crippen LogP contribution in [0.3, 0.4) is 0 Å².